The van der Waals surface area contributed by atoms with Crippen molar-refractivity contribution >= 4 is 56.6 Å². The molecule has 3 nitrogen and oxygen atoms in total. The molecule has 0 atom stereocenters. The second kappa shape index (κ2) is 3.69. The van der Waals surface area contributed by atoms with Gasteiger partial charge in [-0.25, -0.2) is 0 Å². The first-order valence-corrected chi connectivity index (χ1v) is 5.75. The third-order valence-corrected chi connectivity index (χ3v) is 3.50. The van der Waals surface area contributed by atoms with Crippen LogP contribution in [0.5, 0.6) is 5.06 Å². The lowest BCUT2D eigenvalue weighted by molar-refractivity contribution is 0.426. The quantitative estimate of drug-likeness (QED) is 0.540. The Labute approximate surface area is 98.3 Å². The lowest BCUT2D eigenvalue weighted by Gasteiger charge is -2.01. The van der Waals surface area contributed by atoms with Crippen molar-refractivity contribution in [1.82, 2.24) is 0 Å². The summed E-state index contributed by atoms with van der Waals surface area (Å²) in [5.74, 6) is 0. The highest BCUT2D eigenvalue weighted by atomic mass is 127. The molecule has 3 N–H and O–H groups in total. The van der Waals surface area contributed by atoms with E-state index in [-0.39, 0.29) is 5.06 Å². The highest BCUT2D eigenvalue weighted by Crippen LogP contribution is 2.30. The summed E-state index contributed by atoms with van der Waals surface area (Å²) >= 11 is 3.24. The maximum Gasteiger partial charge on any atom is 0.489 e. The van der Waals surface area contributed by atoms with Crippen LogP contribution in [-0.2, 0) is 0 Å². The third kappa shape index (κ3) is 1.74. The van der Waals surface area contributed by atoms with Crippen molar-refractivity contribution in [2.24, 2.45) is 0 Å². The molecule has 0 aliphatic heterocycles. The van der Waals surface area contributed by atoms with Gasteiger partial charge in [0.05, 0.1) is 0 Å². The zero-order chi connectivity index (χ0) is 10.3. The van der Waals surface area contributed by atoms with E-state index in [4.69, 9.17) is 10.0 Å². The molecule has 1 aromatic carbocycles. The average Bonchev–Trinajstić information content (AvgIpc) is 2.42. The molecule has 0 aliphatic carbocycles. The van der Waals surface area contributed by atoms with Crippen LogP contribution in [0, 0.1) is 3.57 Å². The van der Waals surface area contributed by atoms with Gasteiger partial charge in [0.1, 0.15) is 0 Å². The summed E-state index contributed by atoms with van der Waals surface area (Å²) in [6.07, 6.45) is 0. The van der Waals surface area contributed by atoms with E-state index in [0.717, 1.165) is 25.0 Å². The monoisotopic (exact) mass is 320 g/mol. The van der Waals surface area contributed by atoms with Crippen LogP contribution in [0.1, 0.15) is 0 Å². The van der Waals surface area contributed by atoms with Crippen LogP contribution in [0.15, 0.2) is 18.2 Å². The van der Waals surface area contributed by atoms with Gasteiger partial charge in [-0.1, -0.05) is 11.3 Å². The van der Waals surface area contributed by atoms with Gasteiger partial charge >= 0.3 is 7.12 Å². The SMILES string of the molecule is OB(O)c1cc(I)cc2cc(O)sc12. The van der Waals surface area contributed by atoms with Gasteiger partial charge in [-0.05, 0) is 46.2 Å². The molecule has 0 fully saturated rings. The number of benzene rings is 1. The van der Waals surface area contributed by atoms with Gasteiger partial charge in [-0.3, -0.25) is 0 Å². The first-order chi connectivity index (χ1) is 6.58. The summed E-state index contributed by atoms with van der Waals surface area (Å²) in [7, 11) is -1.50. The summed E-state index contributed by atoms with van der Waals surface area (Å²) < 4.78 is 1.63. The first kappa shape index (κ1) is 10.2. The summed E-state index contributed by atoms with van der Waals surface area (Å²) in [6.45, 7) is 0. The number of hydrogen-bond donors (Lipinski definition) is 3. The molecule has 0 amide bonds. The number of rotatable bonds is 1. The number of thiophene rings is 1. The molecule has 1 aromatic heterocycles. The van der Waals surface area contributed by atoms with Crippen molar-refractivity contribution in [2.45, 2.75) is 0 Å². The number of fused-ring (bicyclic) bond motifs is 1. The van der Waals surface area contributed by atoms with Gasteiger partial charge in [0.15, 0.2) is 5.06 Å². The number of halogens is 1. The molecule has 0 spiro atoms. The van der Waals surface area contributed by atoms with Crippen LogP contribution in [-0.4, -0.2) is 22.3 Å². The van der Waals surface area contributed by atoms with Crippen LogP contribution < -0.4 is 5.46 Å². The molecule has 2 rings (SSSR count). The summed E-state index contributed by atoms with van der Waals surface area (Å²) in [5.41, 5.74) is 0.442. The Morgan fingerprint density at radius 1 is 1.21 bits per heavy atom. The Balaban J connectivity index is 2.79. The van der Waals surface area contributed by atoms with Crippen LogP contribution in [0.25, 0.3) is 10.1 Å². The maximum absolute atomic E-state index is 9.31. The lowest BCUT2D eigenvalue weighted by Crippen LogP contribution is -2.30. The molecular formula is C8H6BIO3S. The second-order valence-electron chi connectivity index (χ2n) is 2.87. The highest BCUT2D eigenvalue weighted by Gasteiger charge is 2.17. The molecule has 72 valence electrons. The van der Waals surface area contributed by atoms with Gasteiger partial charge in [0.25, 0.3) is 0 Å². The van der Waals surface area contributed by atoms with E-state index in [9.17, 15) is 5.11 Å². The fourth-order valence-electron chi connectivity index (χ4n) is 1.32. The molecule has 6 heteroatoms. The minimum absolute atomic E-state index is 0.184. The van der Waals surface area contributed by atoms with E-state index in [1.165, 1.54) is 0 Å². The van der Waals surface area contributed by atoms with Gasteiger partial charge in [-0.2, -0.15) is 0 Å². The molecule has 14 heavy (non-hydrogen) atoms. The highest BCUT2D eigenvalue weighted by molar-refractivity contribution is 14.1. The van der Waals surface area contributed by atoms with E-state index in [1.807, 2.05) is 6.07 Å². The zero-order valence-electron chi connectivity index (χ0n) is 6.94. The van der Waals surface area contributed by atoms with Gasteiger partial charge in [-0.15, -0.1) is 0 Å². The molecule has 0 aliphatic rings. The molecule has 0 bridgehead atoms. The van der Waals surface area contributed by atoms with E-state index in [0.29, 0.717) is 5.46 Å². The number of aromatic hydroxyl groups is 1. The van der Waals surface area contributed by atoms with E-state index >= 15 is 0 Å². The molecule has 0 unspecified atom stereocenters. The predicted molar refractivity (Wildman–Crippen MR) is 66.0 cm³/mol. The van der Waals surface area contributed by atoms with E-state index in [1.54, 1.807) is 12.1 Å². The van der Waals surface area contributed by atoms with Gasteiger partial charge in [0.2, 0.25) is 0 Å². The standard InChI is InChI=1S/C8H6BIO3S/c10-5-1-4-2-7(11)14-8(4)6(3-5)9(12)13/h1-3,11-13H. The third-order valence-electron chi connectivity index (χ3n) is 1.87. The van der Waals surface area contributed by atoms with Crippen molar-refractivity contribution in [2.75, 3.05) is 0 Å². The van der Waals surface area contributed by atoms with E-state index in [2.05, 4.69) is 22.6 Å². The smallest absolute Gasteiger partial charge is 0.489 e. The van der Waals surface area contributed by atoms with Crippen molar-refractivity contribution in [3.63, 3.8) is 0 Å². The normalized spacial score (nSPS) is 10.8. The average molecular weight is 320 g/mol. The van der Waals surface area contributed by atoms with Crippen molar-refractivity contribution in [3.8, 4) is 5.06 Å². The summed E-state index contributed by atoms with van der Waals surface area (Å²) in [5, 5.41) is 28.6. The molecule has 0 radical (unpaired) electrons. The minimum Gasteiger partial charge on any atom is -0.499 e. The topological polar surface area (TPSA) is 60.7 Å². The Hall–Kier alpha value is -0.305. The fourth-order valence-corrected chi connectivity index (χ4v) is 2.90. The Morgan fingerprint density at radius 2 is 1.93 bits per heavy atom. The molecule has 0 saturated heterocycles. The Morgan fingerprint density at radius 3 is 2.57 bits per heavy atom. The largest absolute Gasteiger partial charge is 0.499 e. The Bertz CT molecular complexity index is 483. The van der Waals surface area contributed by atoms with Crippen molar-refractivity contribution in [3.05, 3.63) is 21.8 Å². The molecule has 1 heterocycles. The lowest BCUT2D eigenvalue weighted by atomic mass is 9.80. The zero-order valence-corrected chi connectivity index (χ0v) is 9.91. The van der Waals surface area contributed by atoms with E-state index < -0.39 is 7.12 Å². The second-order valence-corrected chi connectivity index (χ2v) is 5.15. The Kier molecular flexibility index (Phi) is 2.69. The van der Waals surface area contributed by atoms with Gasteiger partial charge in [0, 0.05) is 13.7 Å². The summed E-state index contributed by atoms with van der Waals surface area (Å²) in [6, 6.07) is 5.20. The maximum atomic E-state index is 9.31. The molecule has 2 aromatic rings. The van der Waals surface area contributed by atoms with Crippen LogP contribution >= 0.6 is 33.9 Å². The van der Waals surface area contributed by atoms with Crippen LogP contribution in [0.3, 0.4) is 0 Å². The first-order valence-electron chi connectivity index (χ1n) is 3.86. The van der Waals surface area contributed by atoms with Crippen molar-refractivity contribution < 1.29 is 15.2 Å². The number of hydrogen-bond acceptors (Lipinski definition) is 4. The summed E-state index contributed by atoms with van der Waals surface area (Å²) in [4.78, 5) is 0. The van der Waals surface area contributed by atoms with Crippen molar-refractivity contribution in [1.29, 1.82) is 0 Å². The fraction of sp³-hybridized carbons (Fsp3) is 0. The molecular weight excluding hydrogens is 314 g/mol. The molecule has 0 saturated carbocycles. The van der Waals surface area contributed by atoms with Gasteiger partial charge < -0.3 is 15.2 Å². The van der Waals surface area contributed by atoms with Crippen LogP contribution in [0.4, 0.5) is 0 Å². The van der Waals surface area contributed by atoms with Crippen LogP contribution in [0.2, 0.25) is 0 Å². The predicted octanol–water partition coefficient (Wildman–Crippen LogP) is 0.891. The minimum atomic E-state index is -1.50.